The molecule has 0 saturated carbocycles. The number of benzene rings is 4. The van der Waals surface area contributed by atoms with Gasteiger partial charge in [-0.3, -0.25) is 14.5 Å². The lowest BCUT2D eigenvalue weighted by Gasteiger charge is -2.25. The number of hydrogen-bond donors (Lipinski definition) is 1. The van der Waals surface area contributed by atoms with Gasteiger partial charge in [-0.05, 0) is 47.9 Å². The van der Waals surface area contributed by atoms with Crippen LogP contribution in [0.15, 0.2) is 97.1 Å². The average Bonchev–Trinajstić information content (AvgIpc) is 3.33. The van der Waals surface area contributed by atoms with Crippen molar-refractivity contribution in [1.82, 2.24) is 4.90 Å². The van der Waals surface area contributed by atoms with Crippen molar-refractivity contribution in [2.75, 3.05) is 11.9 Å². The second-order valence-electron chi connectivity index (χ2n) is 8.50. The first-order valence-corrected chi connectivity index (χ1v) is 11.4. The summed E-state index contributed by atoms with van der Waals surface area (Å²) in [5.41, 5.74) is 2.91. The Morgan fingerprint density at radius 3 is 2.42 bits per heavy atom. The quantitative estimate of drug-likeness (QED) is 0.398. The molecule has 1 saturated heterocycles. The minimum absolute atomic E-state index is 0.0546. The maximum absolute atomic E-state index is 13.3. The van der Waals surface area contributed by atoms with E-state index >= 15 is 0 Å². The van der Waals surface area contributed by atoms with Crippen molar-refractivity contribution in [3.8, 4) is 0 Å². The number of para-hydroxylation sites is 1. The van der Waals surface area contributed by atoms with E-state index < -0.39 is 0 Å². The Kier molecular flexibility index (Phi) is 6.01. The molecule has 1 atom stereocenters. The molecular formula is C29H26N2O2. The first kappa shape index (κ1) is 21.1. The number of likely N-dealkylation sites (tertiary alicyclic amines) is 1. The number of ketones is 1. The molecule has 1 aliphatic rings. The molecule has 1 N–H and O–H groups in total. The molecule has 0 aliphatic carbocycles. The van der Waals surface area contributed by atoms with Gasteiger partial charge in [0.15, 0.2) is 5.78 Å². The highest BCUT2D eigenvalue weighted by atomic mass is 16.2. The van der Waals surface area contributed by atoms with Crippen LogP contribution in [0.3, 0.4) is 0 Å². The fourth-order valence-electron chi connectivity index (χ4n) is 4.71. The van der Waals surface area contributed by atoms with Crippen LogP contribution in [0.2, 0.25) is 0 Å². The van der Waals surface area contributed by atoms with E-state index in [1.54, 1.807) is 24.3 Å². The first-order valence-electron chi connectivity index (χ1n) is 11.4. The van der Waals surface area contributed by atoms with Gasteiger partial charge < -0.3 is 5.32 Å². The molecule has 4 aromatic rings. The third kappa shape index (κ3) is 4.43. The number of amides is 1. The zero-order valence-electron chi connectivity index (χ0n) is 18.4. The highest BCUT2D eigenvalue weighted by Gasteiger charge is 2.31. The first-order chi connectivity index (χ1) is 16.2. The predicted octanol–water partition coefficient (Wildman–Crippen LogP) is 5.67. The van der Waals surface area contributed by atoms with E-state index in [1.807, 2.05) is 36.4 Å². The largest absolute Gasteiger partial charge is 0.324 e. The Labute approximate surface area is 193 Å². The van der Waals surface area contributed by atoms with E-state index in [-0.39, 0.29) is 17.7 Å². The molecule has 4 aromatic carbocycles. The van der Waals surface area contributed by atoms with Gasteiger partial charge in [-0.2, -0.15) is 0 Å². The fraction of sp³-hybridized carbons (Fsp3) is 0.172. The number of rotatable bonds is 6. The van der Waals surface area contributed by atoms with Crippen LogP contribution in [-0.4, -0.2) is 29.2 Å². The molecule has 1 fully saturated rings. The molecule has 4 heteroatoms. The lowest BCUT2D eigenvalue weighted by atomic mass is 10.0. The molecular weight excluding hydrogens is 408 g/mol. The number of fused-ring (bicyclic) bond motifs is 1. The summed E-state index contributed by atoms with van der Waals surface area (Å²) in [5, 5.41) is 5.49. The molecule has 0 spiro atoms. The van der Waals surface area contributed by atoms with E-state index in [2.05, 4.69) is 46.6 Å². The molecule has 1 amide bonds. The van der Waals surface area contributed by atoms with Crippen LogP contribution in [0, 0.1) is 0 Å². The van der Waals surface area contributed by atoms with Gasteiger partial charge in [-0.25, -0.2) is 0 Å². The van der Waals surface area contributed by atoms with E-state index in [0.29, 0.717) is 16.8 Å². The van der Waals surface area contributed by atoms with Gasteiger partial charge >= 0.3 is 0 Å². The highest BCUT2D eigenvalue weighted by Crippen LogP contribution is 2.26. The molecule has 1 unspecified atom stereocenters. The maximum atomic E-state index is 13.3. The molecule has 0 radical (unpaired) electrons. The van der Waals surface area contributed by atoms with Crippen molar-refractivity contribution in [3.05, 3.63) is 114 Å². The van der Waals surface area contributed by atoms with Crippen molar-refractivity contribution in [2.24, 2.45) is 0 Å². The highest BCUT2D eigenvalue weighted by molar-refractivity contribution is 6.14. The Morgan fingerprint density at radius 2 is 1.55 bits per heavy atom. The van der Waals surface area contributed by atoms with Gasteiger partial charge in [0.2, 0.25) is 5.91 Å². The van der Waals surface area contributed by atoms with Crippen molar-refractivity contribution < 1.29 is 9.59 Å². The monoisotopic (exact) mass is 434 g/mol. The second kappa shape index (κ2) is 9.39. The van der Waals surface area contributed by atoms with E-state index in [4.69, 9.17) is 0 Å². The Hall–Kier alpha value is -3.76. The van der Waals surface area contributed by atoms with Crippen LogP contribution in [-0.2, 0) is 11.3 Å². The summed E-state index contributed by atoms with van der Waals surface area (Å²) < 4.78 is 0. The summed E-state index contributed by atoms with van der Waals surface area (Å²) in [5.74, 6) is -0.147. The predicted molar refractivity (Wildman–Crippen MR) is 132 cm³/mol. The fourth-order valence-corrected chi connectivity index (χ4v) is 4.71. The number of carbonyl (C=O) groups excluding carboxylic acids is 2. The van der Waals surface area contributed by atoms with Crippen LogP contribution >= 0.6 is 0 Å². The summed E-state index contributed by atoms with van der Waals surface area (Å²) >= 11 is 0. The second-order valence-corrected chi connectivity index (χ2v) is 8.50. The summed E-state index contributed by atoms with van der Waals surface area (Å²) in [7, 11) is 0. The summed E-state index contributed by atoms with van der Waals surface area (Å²) in [4.78, 5) is 28.6. The third-order valence-electron chi connectivity index (χ3n) is 6.39. The van der Waals surface area contributed by atoms with Crippen molar-refractivity contribution in [2.45, 2.75) is 25.4 Å². The smallest absolute Gasteiger partial charge is 0.241 e. The van der Waals surface area contributed by atoms with E-state index in [0.717, 1.165) is 25.9 Å². The Morgan fingerprint density at radius 1 is 0.818 bits per heavy atom. The topological polar surface area (TPSA) is 49.4 Å². The van der Waals surface area contributed by atoms with Crippen LogP contribution in [0.5, 0.6) is 0 Å². The normalized spacial score (nSPS) is 16.1. The van der Waals surface area contributed by atoms with Gasteiger partial charge in [0, 0.05) is 17.7 Å². The Balaban J connectivity index is 1.35. The maximum Gasteiger partial charge on any atom is 0.241 e. The molecule has 0 aromatic heterocycles. The molecule has 1 heterocycles. The van der Waals surface area contributed by atoms with Gasteiger partial charge in [-0.15, -0.1) is 0 Å². The van der Waals surface area contributed by atoms with Gasteiger partial charge in [0.05, 0.1) is 11.7 Å². The molecule has 4 nitrogen and oxygen atoms in total. The minimum Gasteiger partial charge on any atom is -0.324 e. The number of nitrogens with one attached hydrogen (secondary N) is 1. The number of nitrogens with zero attached hydrogens (tertiary/aromatic N) is 1. The molecule has 0 bridgehead atoms. The zero-order chi connectivity index (χ0) is 22.6. The van der Waals surface area contributed by atoms with Crippen molar-refractivity contribution in [1.29, 1.82) is 0 Å². The lowest BCUT2D eigenvalue weighted by molar-refractivity contribution is -0.120. The molecule has 1 aliphatic heterocycles. The SMILES string of the molecule is O=C(c1ccccc1)c1ccccc1NC(=O)C1CCCN1Cc1cccc2ccccc12. The average molecular weight is 435 g/mol. The van der Waals surface area contributed by atoms with Crippen LogP contribution in [0.1, 0.15) is 34.3 Å². The van der Waals surface area contributed by atoms with Crippen LogP contribution in [0.25, 0.3) is 10.8 Å². The van der Waals surface area contributed by atoms with Gasteiger partial charge in [-0.1, -0.05) is 84.9 Å². The van der Waals surface area contributed by atoms with E-state index in [9.17, 15) is 9.59 Å². The Bertz CT molecular complexity index is 1290. The molecule has 33 heavy (non-hydrogen) atoms. The van der Waals surface area contributed by atoms with Crippen LogP contribution in [0.4, 0.5) is 5.69 Å². The minimum atomic E-state index is -0.219. The standard InChI is InChI=1S/C29H26N2O2/c32-28(22-11-2-1-3-12-22)25-16-6-7-17-26(25)30-29(33)27-18-9-19-31(27)20-23-14-8-13-21-10-4-5-15-24(21)23/h1-8,10-17,27H,9,18-20H2,(H,30,33). The number of anilines is 1. The van der Waals surface area contributed by atoms with Crippen LogP contribution < -0.4 is 5.32 Å². The van der Waals surface area contributed by atoms with Crippen molar-refractivity contribution in [3.63, 3.8) is 0 Å². The lowest BCUT2D eigenvalue weighted by Crippen LogP contribution is -2.39. The zero-order valence-corrected chi connectivity index (χ0v) is 18.4. The number of hydrogen-bond acceptors (Lipinski definition) is 3. The van der Waals surface area contributed by atoms with Crippen molar-refractivity contribution >= 4 is 28.2 Å². The summed E-state index contributed by atoms with van der Waals surface area (Å²) in [6.07, 6.45) is 1.79. The van der Waals surface area contributed by atoms with E-state index in [1.165, 1.54) is 16.3 Å². The molecule has 164 valence electrons. The van der Waals surface area contributed by atoms with Gasteiger partial charge in [0.1, 0.15) is 0 Å². The van der Waals surface area contributed by atoms with Gasteiger partial charge in [0.25, 0.3) is 0 Å². The molecule has 5 rings (SSSR count). The number of carbonyl (C=O) groups is 2. The summed E-state index contributed by atoms with van der Waals surface area (Å²) in [6, 6.07) is 30.9. The third-order valence-corrected chi connectivity index (χ3v) is 6.39. The summed E-state index contributed by atoms with van der Waals surface area (Å²) in [6.45, 7) is 1.61.